The fraction of sp³-hybridized carbons (Fsp3) is 0.750. The van der Waals surface area contributed by atoms with Crippen molar-refractivity contribution in [3.8, 4) is 0 Å². The van der Waals surface area contributed by atoms with E-state index in [0.717, 1.165) is 25.1 Å². The zero-order valence-corrected chi connectivity index (χ0v) is 13.2. The number of hydrogen-bond donors (Lipinski definition) is 1. The van der Waals surface area contributed by atoms with E-state index in [0.29, 0.717) is 17.6 Å². The molecule has 20 heavy (non-hydrogen) atoms. The molecule has 0 amide bonds. The number of aliphatic carboxylic acids is 1. The summed E-state index contributed by atoms with van der Waals surface area (Å²) in [6.07, 6.45) is 4.73. The summed E-state index contributed by atoms with van der Waals surface area (Å²) < 4.78 is 13.4. The second-order valence-electron chi connectivity index (χ2n) is 5.05. The van der Waals surface area contributed by atoms with Gasteiger partial charge in [-0.05, 0) is 19.3 Å². The van der Waals surface area contributed by atoms with Crippen LogP contribution in [0.1, 0.15) is 37.9 Å². The van der Waals surface area contributed by atoms with Gasteiger partial charge in [0.05, 0.1) is 5.75 Å². The summed E-state index contributed by atoms with van der Waals surface area (Å²) in [6.45, 7) is 2.66. The van der Waals surface area contributed by atoms with Crippen molar-refractivity contribution in [1.82, 2.24) is 14.8 Å². The molecule has 6 nitrogen and oxygen atoms in total. The van der Waals surface area contributed by atoms with Crippen LogP contribution in [0.2, 0.25) is 0 Å². The smallest absolute Gasteiger partial charge is 0.313 e. The van der Waals surface area contributed by atoms with Crippen molar-refractivity contribution in [3.63, 3.8) is 0 Å². The Bertz CT molecular complexity index is 514. The molecule has 1 aliphatic carbocycles. The van der Waals surface area contributed by atoms with Crippen LogP contribution >= 0.6 is 11.8 Å². The van der Waals surface area contributed by atoms with Crippen LogP contribution in [0.5, 0.6) is 0 Å². The maximum absolute atomic E-state index is 11.4. The van der Waals surface area contributed by atoms with E-state index < -0.39 is 16.8 Å². The van der Waals surface area contributed by atoms with E-state index >= 15 is 0 Å². The molecule has 0 bridgehead atoms. The Kier molecular flexibility index (Phi) is 5.20. The lowest BCUT2D eigenvalue weighted by atomic mass is 10.3. The largest absolute Gasteiger partial charge is 0.481 e. The van der Waals surface area contributed by atoms with Gasteiger partial charge in [-0.15, -0.1) is 10.2 Å². The van der Waals surface area contributed by atoms with Crippen LogP contribution in [-0.4, -0.2) is 47.3 Å². The number of carboxylic acids is 1. The molecule has 1 aromatic heterocycles. The molecule has 8 heteroatoms. The van der Waals surface area contributed by atoms with Gasteiger partial charge in [-0.2, -0.15) is 0 Å². The predicted molar refractivity (Wildman–Crippen MR) is 78.5 cm³/mol. The lowest BCUT2D eigenvalue weighted by Crippen LogP contribution is -2.15. The Morgan fingerprint density at radius 1 is 1.55 bits per heavy atom. The van der Waals surface area contributed by atoms with Gasteiger partial charge in [-0.3, -0.25) is 9.00 Å². The molecule has 2 atom stereocenters. The van der Waals surface area contributed by atoms with E-state index in [1.54, 1.807) is 6.26 Å². The number of carboxylic acid groups (broad SMARTS) is 1. The Balaban J connectivity index is 2.08. The second-order valence-corrected chi connectivity index (χ2v) is 7.79. The first kappa shape index (κ1) is 15.5. The molecule has 0 aromatic carbocycles. The third kappa shape index (κ3) is 4.05. The highest BCUT2D eigenvalue weighted by Crippen LogP contribution is 2.40. The monoisotopic (exact) mass is 317 g/mol. The molecular formula is C12H19N3O3S2. The summed E-state index contributed by atoms with van der Waals surface area (Å²) in [4.78, 5) is 10.7. The van der Waals surface area contributed by atoms with Gasteiger partial charge in [0.1, 0.15) is 5.82 Å². The fourth-order valence-corrected chi connectivity index (χ4v) is 2.99. The molecule has 1 N–H and O–H groups in total. The lowest BCUT2D eigenvalue weighted by molar-refractivity contribution is -0.133. The summed E-state index contributed by atoms with van der Waals surface area (Å²) in [6, 6.07) is 0. The van der Waals surface area contributed by atoms with Crippen LogP contribution in [0.3, 0.4) is 0 Å². The highest BCUT2D eigenvalue weighted by molar-refractivity contribution is 7.99. The van der Waals surface area contributed by atoms with E-state index in [2.05, 4.69) is 10.2 Å². The summed E-state index contributed by atoms with van der Waals surface area (Å²) in [5.41, 5.74) is 0. The molecule has 2 unspecified atom stereocenters. The molecule has 0 saturated heterocycles. The van der Waals surface area contributed by atoms with Gasteiger partial charge in [0.2, 0.25) is 0 Å². The molecule has 0 spiro atoms. The predicted octanol–water partition coefficient (Wildman–Crippen LogP) is 1.49. The minimum atomic E-state index is -0.861. The average Bonchev–Trinajstić information content (AvgIpc) is 3.15. The van der Waals surface area contributed by atoms with E-state index in [1.165, 1.54) is 11.8 Å². The zero-order valence-electron chi connectivity index (χ0n) is 11.6. The number of hydrogen-bond acceptors (Lipinski definition) is 5. The number of rotatable bonds is 8. The highest BCUT2D eigenvalue weighted by atomic mass is 32.2. The summed E-state index contributed by atoms with van der Waals surface area (Å²) in [5.74, 6) is 0.537. The van der Waals surface area contributed by atoms with Gasteiger partial charge in [-0.25, -0.2) is 0 Å². The van der Waals surface area contributed by atoms with Gasteiger partial charge in [0, 0.05) is 34.8 Å². The molecule has 0 aliphatic heterocycles. The third-order valence-electron chi connectivity index (χ3n) is 3.34. The molecule has 1 aliphatic rings. The van der Waals surface area contributed by atoms with Gasteiger partial charge >= 0.3 is 5.97 Å². The van der Waals surface area contributed by atoms with E-state index in [4.69, 9.17) is 5.11 Å². The Labute approximate surface area is 124 Å². The Morgan fingerprint density at radius 3 is 2.80 bits per heavy atom. The Morgan fingerprint density at radius 2 is 2.25 bits per heavy atom. The summed E-state index contributed by atoms with van der Waals surface area (Å²) in [5, 5.41) is 17.8. The van der Waals surface area contributed by atoms with Crippen molar-refractivity contribution in [2.75, 3.05) is 12.0 Å². The molecule has 0 radical (unpaired) electrons. The van der Waals surface area contributed by atoms with Gasteiger partial charge < -0.3 is 9.67 Å². The fourth-order valence-electron chi connectivity index (χ4n) is 1.86. The number of thioether (sulfide) groups is 1. The first-order valence-electron chi connectivity index (χ1n) is 6.59. The molecule has 2 rings (SSSR count). The number of carbonyl (C=O) groups is 1. The molecular weight excluding hydrogens is 298 g/mol. The van der Waals surface area contributed by atoms with Crippen LogP contribution in [0.4, 0.5) is 0 Å². The first-order valence-corrected chi connectivity index (χ1v) is 9.19. The standard InChI is InChI=1S/C12H19N3O3S2/c1-8(20(2)18)5-6-15-11(9-3-4-9)13-14-12(15)19-7-10(16)17/h8-9H,3-7H2,1-2H3,(H,16,17). The first-order chi connectivity index (χ1) is 9.49. The van der Waals surface area contributed by atoms with Crippen molar-refractivity contribution in [2.24, 2.45) is 0 Å². The van der Waals surface area contributed by atoms with Gasteiger partial charge in [0.25, 0.3) is 0 Å². The SMILES string of the molecule is CC(CCn1c(SCC(=O)O)nnc1C1CC1)S(C)=O. The van der Waals surface area contributed by atoms with Crippen LogP contribution < -0.4 is 0 Å². The van der Waals surface area contributed by atoms with Crippen molar-refractivity contribution in [2.45, 2.75) is 49.1 Å². The van der Waals surface area contributed by atoms with E-state index in [9.17, 15) is 9.00 Å². The van der Waals surface area contributed by atoms with E-state index in [1.807, 2.05) is 11.5 Å². The minimum absolute atomic E-state index is 0.0158. The van der Waals surface area contributed by atoms with Crippen LogP contribution in [-0.2, 0) is 22.1 Å². The topological polar surface area (TPSA) is 85.1 Å². The molecule has 1 fully saturated rings. The lowest BCUT2D eigenvalue weighted by Gasteiger charge is -2.12. The molecule has 1 heterocycles. The average molecular weight is 317 g/mol. The van der Waals surface area contributed by atoms with Crippen molar-refractivity contribution in [3.05, 3.63) is 5.82 Å². The van der Waals surface area contributed by atoms with Crippen molar-refractivity contribution >= 4 is 28.5 Å². The van der Waals surface area contributed by atoms with Crippen LogP contribution in [0.25, 0.3) is 0 Å². The Hall–Kier alpha value is -0.890. The van der Waals surface area contributed by atoms with Crippen molar-refractivity contribution < 1.29 is 14.1 Å². The highest BCUT2D eigenvalue weighted by Gasteiger charge is 2.30. The minimum Gasteiger partial charge on any atom is -0.481 e. The molecule has 1 saturated carbocycles. The van der Waals surface area contributed by atoms with Crippen LogP contribution in [0, 0.1) is 0 Å². The molecule has 112 valence electrons. The number of nitrogens with zero attached hydrogens (tertiary/aromatic N) is 3. The van der Waals surface area contributed by atoms with Crippen LogP contribution in [0.15, 0.2) is 5.16 Å². The van der Waals surface area contributed by atoms with Gasteiger partial charge in [0.15, 0.2) is 5.16 Å². The quantitative estimate of drug-likeness (QED) is 0.731. The van der Waals surface area contributed by atoms with Gasteiger partial charge in [-0.1, -0.05) is 18.7 Å². The zero-order chi connectivity index (χ0) is 14.7. The van der Waals surface area contributed by atoms with E-state index in [-0.39, 0.29) is 11.0 Å². The molecule has 1 aromatic rings. The van der Waals surface area contributed by atoms with Crippen molar-refractivity contribution in [1.29, 1.82) is 0 Å². The summed E-state index contributed by atoms with van der Waals surface area (Å²) >= 11 is 1.20. The summed E-state index contributed by atoms with van der Waals surface area (Å²) in [7, 11) is -0.846. The maximum atomic E-state index is 11.4. The normalized spacial score (nSPS) is 17.9. The number of aromatic nitrogens is 3. The third-order valence-corrected chi connectivity index (χ3v) is 5.66. The second kappa shape index (κ2) is 6.71. The maximum Gasteiger partial charge on any atom is 0.313 e.